The number of rotatable bonds is 7. The van der Waals surface area contributed by atoms with Crippen molar-refractivity contribution in [2.24, 2.45) is 4.99 Å². The fraction of sp³-hybridized carbons (Fsp3) is 0.846. The second kappa shape index (κ2) is 11.0. The third kappa shape index (κ3) is 8.76. The van der Waals surface area contributed by atoms with Crippen molar-refractivity contribution in [2.45, 2.75) is 38.6 Å². The maximum absolute atomic E-state index is 11.7. The van der Waals surface area contributed by atoms with Crippen LogP contribution in [0.3, 0.4) is 0 Å². The lowest BCUT2D eigenvalue weighted by molar-refractivity contribution is -0.121. The summed E-state index contributed by atoms with van der Waals surface area (Å²) in [4.78, 5) is 15.8. The Hall–Kier alpha value is -0.580. The molecule has 0 radical (unpaired) electrons. The van der Waals surface area contributed by atoms with Crippen LogP contribution >= 0.6 is 24.0 Å². The van der Waals surface area contributed by atoms with E-state index in [9.17, 15) is 13.2 Å². The average Bonchev–Trinajstić information content (AvgIpc) is 2.76. The minimum Gasteiger partial charge on any atom is -0.356 e. The Balaban J connectivity index is 0.00000441. The van der Waals surface area contributed by atoms with Crippen molar-refractivity contribution in [1.29, 1.82) is 0 Å². The number of amides is 1. The summed E-state index contributed by atoms with van der Waals surface area (Å²) >= 11 is 0. The molecule has 0 bridgehead atoms. The lowest BCUT2D eigenvalue weighted by Gasteiger charge is -2.13. The normalized spacial score (nSPS) is 20.1. The highest BCUT2D eigenvalue weighted by atomic mass is 127. The van der Waals surface area contributed by atoms with E-state index in [1.54, 1.807) is 7.05 Å². The summed E-state index contributed by atoms with van der Waals surface area (Å²) in [6.07, 6.45) is 2.99. The van der Waals surface area contributed by atoms with Gasteiger partial charge in [-0.15, -0.1) is 24.0 Å². The molecule has 7 nitrogen and oxygen atoms in total. The van der Waals surface area contributed by atoms with Crippen LogP contribution in [0.1, 0.15) is 32.6 Å². The molecule has 1 amide bonds. The van der Waals surface area contributed by atoms with E-state index in [0.29, 0.717) is 25.3 Å². The molecule has 0 aliphatic carbocycles. The Kier molecular flexibility index (Phi) is 10.7. The van der Waals surface area contributed by atoms with Gasteiger partial charge in [0, 0.05) is 32.6 Å². The molecule has 0 saturated carbocycles. The SMILES string of the molecule is CCCCNC(=NC)NCCC(=O)NC1CCS(=O)(=O)C1.I. The van der Waals surface area contributed by atoms with Gasteiger partial charge in [0.25, 0.3) is 0 Å². The maximum Gasteiger partial charge on any atom is 0.222 e. The Bertz CT molecular complexity index is 468. The number of aliphatic imine (C=N–C) groups is 1. The van der Waals surface area contributed by atoms with Crippen LogP contribution in [0.15, 0.2) is 4.99 Å². The third-order valence-corrected chi connectivity index (χ3v) is 5.06. The van der Waals surface area contributed by atoms with Gasteiger partial charge < -0.3 is 16.0 Å². The smallest absolute Gasteiger partial charge is 0.222 e. The van der Waals surface area contributed by atoms with Crippen molar-refractivity contribution in [3.05, 3.63) is 0 Å². The van der Waals surface area contributed by atoms with Crippen LogP contribution in [0.5, 0.6) is 0 Å². The second-order valence-electron chi connectivity index (χ2n) is 5.20. The summed E-state index contributed by atoms with van der Waals surface area (Å²) < 4.78 is 22.6. The third-order valence-electron chi connectivity index (χ3n) is 3.29. The van der Waals surface area contributed by atoms with E-state index in [-0.39, 0.29) is 47.4 Å². The maximum atomic E-state index is 11.7. The number of unbranched alkanes of at least 4 members (excludes halogenated alkanes) is 1. The summed E-state index contributed by atoms with van der Waals surface area (Å²) in [5.41, 5.74) is 0. The van der Waals surface area contributed by atoms with Gasteiger partial charge in [-0.3, -0.25) is 9.79 Å². The lowest BCUT2D eigenvalue weighted by atomic mass is 10.2. The molecule has 1 atom stereocenters. The molecule has 1 aliphatic rings. The van der Waals surface area contributed by atoms with Crippen LogP contribution in [0.4, 0.5) is 0 Å². The number of halogens is 1. The molecule has 1 aliphatic heterocycles. The van der Waals surface area contributed by atoms with E-state index in [1.807, 2.05) is 0 Å². The minimum atomic E-state index is -2.95. The van der Waals surface area contributed by atoms with Gasteiger partial charge in [-0.05, 0) is 12.8 Å². The number of carbonyl (C=O) groups excluding carboxylic acids is 1. The zero-order valence-corrected chi connectivity index (χ0v) is 16.4. The standard InChI is InChI=1S/C13H26N4O3S.HI/c1-3-4-7-15-13(14-2)16-8-5-12(18)17-11-6-9-21(19,20)10-11;/h11H,3-10H2,1-2H3,(H,17,18)(H2,14,15,16);1H. The molecule has 1 fully saturated rings. The molecular formula is C13H27IN4O3S. The van der Waals surface area contributed by atoms with Gasteiger partial charge >= 0.3 is 0 Å². The molecule has 0 aromatic rings. The van der Waals surface area contributed by atoms with Crippen molar-refractivity contribution in [3.63, 3.8) is 0 Å². The highest BCUT2D eigenvalue weighted by molar-refractivity contribution is 14.0. The van der Waals surface area contributed by atoms with Crippen molar-refractivity contribution >= 4 is 45.7 Å². The number of hydrogen-bond donors (Lipinski definition) is 3. The summed E-state index contributed by atoms with van der Waals surface area (Å²) in [7, 11) is -1.27. The fourth-order valence-electron chi connectivity index (χ4n) is 2.11. The van der Waals surface area contributed by atoms with E-state index in [2.05, 4.69) is 27.9 Å². The molecule has 1 unspecified atom stereocenters. The molecule has 1 heterocycles. The van der Waals surface area contributed by atoms with E-state index >= 15 is 0 Å². The first kappa shape index (κ1) is 21.4. The quantitative estimate of drug-likeness (QED) is 0.226. The van der Waals surface area contributed by atoms with Gasteiger partial charge in [-0.2, -0.15) is 0 Å². The zero-order chi connectivity index (χ0) is 15.7. The number of hydrogen-bond acceptors (Lipinski definition) is 4. The van der Waals surface area contributed by atoms with Crippen LogP contribution in [0.2, 0.25) is 0 Å². The van der Waals surface area contributed by atoms with Crippen LogP contribution < -0.4 is 16.0 Å². The number of carbonyl (C=O) groups is 1. The van der Waals surface area contributed by atoms with E-state index in [1.165, 1.54) is 0 Å². The predicted octanol–water partition coefficient (Wildman–Crippen LogP) is 0.263. The summed E-state index contributed by atoms with van der Waals surface area (Å²) in [6, 6.07) is -0.232. The van der Waals surface area contributed by atoms with Crippen molar-refractivity contribution in [3.8, 4) is 0 Å². The van der Waals surface area contributed by atoms with Gasteiger partial charge in [0.2, 0.25) is 5.91 Å². The van der Waals surface area contributed by atoms with E-state index in [0.717, 1.165) is 19.4 Å². The first-order chi connectivity index (χ1) is 9.96. The van der Waals surface area contributed by atoms with Crippen molar-refractivity contribution in [2.75, 3.05) is 31.6 Å². The highest BCUT2D eigenvalue weighted by Gasteiger charge is 2.28. The van der Waals surface area contributed by atoms with Crippen molar-refractivity contribution < 1.29 is 13.2 Å². The largest absolute Gasteiger partial charge is 0.356 e. The minimum absolute atomic E-state index is 0. The topological polar surface area (TPSA) is 99.7 Å². The Morgan fingerprint density at radius 1 is 1.27 bits per heavy atom. The Morgan fingerprint density at radius 2 is 1.95 bits per heavy atom. The van der Waals surface area contributed by atoms with Crippen LogP contribution in [0, 0.1) is 0 Å². The first-order valence-corrected chi connectivity index (χ1v) is 9.23. The van der Waals surface area contributed by atoms with Crippen LogP contribution in [-0.4, -0.2) is 58.0 Å². The zero-order valence-electron chi connectivity index (χ0n) is 13.2. The van der Waals surface area contributed by atoms with E-state index in [4.69, 9.17) is 0 Å². The number of nitrogens with zero attached hydrogens (tertiary/aromatic N) is 1. The van der Waals surface area contributed by atoms with Crippen LogP contribution in [-0.2, 0) is 14.6 Å². The Morgan fingerprint density at radius 3 is 2.50 bits per heavy atom. The molecule has 1 saturated heterocycles. The summed E-state index contributed by atoms with van der Waals surface area (Å²) in [5, 5.41) is 8.98. The number of sulfone groups is 1. The molecular weight excluding hydrogens is 419 g/mol. The molecule has 1 rings (SSSR count). The van der Waals surface area contributed by atoms with Gasteiger partial charge in [-0.25, -0.2) is 8.42 Å². The molecule has 9 heteroatoms. The average molecular weight is 446 g/mol. The van der Waals surface area contributed by atoms with Crippen molar-refractivity contribution in [1.82, 2.24) is 16.0 Å². The molecule has 0 aromatic heterocycles. The van der Waals surface area contributed by atoms with Gasteiger partial charge in [-0.1, -0.05) is 13.3 Å². The predicted molar refractivity (Wildman–Crippen MR) is 99.5 cm³/mol. The van der Waals surface area contributed by atoms with Crippen LogP contribution in [0.25, 0.3) is 0 Å². The summed E-state index contributed by atoms with van der Waals surface area (Å²) in [6.45, 7) is 3.44. The van der Waals surface area contributed by atoms with Gasteiger partial charge in [0.05, 0.1) is 11.5 Å². The second-order valence-corrected chi connectivity index (χ2v) is 7.43. The van der Waals surface area contributed by atoms with Gasteiger partial charge in [0.1, 0.15) is 0 Å². The first-order valence-electron chi connectivity index (χ1n) is 7.41. The monoisotopic (exact) mass is 446 g/mol. The number of guanidine groups is 1. The van der Waals surface area contributed by atoms with E-state index < -0.39 is 9.84 Å². The van der Waals surface area contributed by atoms with Gasteiger partial charge in [0.15, 0.2) is 15.8 Å². The molecule has 130 valence electrons. The highest BCUT2D eigenvalue weighted by Crippen LogP contribution is 2.11. The lowest BCUT2D eigenvalue weighted by Crippen LogP contribution is -2.41. The number of nitrogens with one attached hydrogen (secondary N) is 3. The molecule has 22 heavy (non-hydrogen) atoms. The molecule has 3 N–H and O–H groups in total. The molecule has 0 spiro atoms. The summed E-state index contributed by atoms with van der Waals surface area (Å²) in [5.74, 6) is 0.782. The fourth-order valence-corrected chi connectivity index (χ4v) is 3.78. The Labute approximate surface area is 150 Å². The molecule has 0 aromatic carbocycles.